The number of anilines is 3. The normalized spacial score (nSPS) is 21.4. The van der Waals surface area contributed by atoms with Crippen LogP contribution in [-0.4, -0.2) is 64.7 Å². The fourth-order valence-electron chi connectivity index (χ4n) is 4.64. The fourth-order valence-corrected chi connectivity index (χ4v) is 6.82. The van der Waals surface area contributed by atoms with Gasteiger partial charge in [0.2, 0.25) is 11.9 Å². The second-order valence-electron chi connectivity index (χ2n) is 9.51. The Labute approximate surface area is 221 Å². The van der Waals surface area contributed by atoms with Crippen molar-refractivity contribution in [2.45, 2.75) is 11.3 Å². The lowest BCUT2D eigenvalue weighted by Crippen LogP contribution is -2.36. The Morgan fingerprint density at radius 1 is 1.38 bits per heavy atom. The summed E-state index contributed by atoms with van der Waals surface area (Å²) in [7, 11) is 1.99. The summed E-state index contributed by atoms with van der Waals surface area (Å²) in [6.45, 7) is 0.271. The topological polar surface area (TPSA) is 123 Å². The van der Waals surface area contributed by atoms with Gasteiger partial charge in [0.1, 0.15) is 18.4 Å². The maximum atomic E-state index is 12.5. The molecule has 3 aromatic rings. The first-order valence-corrected chi connectivity index (χ1v) is 14.4. The Bertz CT molecular complexity index is 1440. The lowest BCUT2D eigenvalue weighted by atomic mass is 9.95. The first-order chi connectivity index (χ1) is 17.7. The Balaban J connectivity index is 1.47. The van der Waals surface area contributed by atoms with Crippen LogP contribution in [0.5, 0.6) is 5.75 Å². The predicted octanol–water partition coefficient (Wildman–Crippen LogP) is 4.18. The number of nitrogens with one attached hydrogen (secondary N) is 2. The predicted molar refractivity (Wildman–Crippen MR) is 146 cm³/mol. The molecule has 5 rings (SSSR count). The highest BCUT2D eigenvalue weighted by Crippen LogP contribution is 2.60. The van der Waals surface area contributed by atoms with E-state index in [9.17, 15) is 15.2 Å². The van der Waals surface area contributed by atoms with Gasteiger partial charge in [-0.3, -0.25) is 4.79 Å². The van der Waals surface area contributed by atoms with E-state index in [-0.39, 0.29) is 24.4 Å². The van der Waals surface area contributed by atoms with Gasteiger partial charge in [0.05, 0.1) is 40.4 Å². The van der Waals surface area contributed by atoms with Gasteiger partial charge in [0, 0.05) is 35.8 Å². The Kier molecular flexibility index (Phi) is 6.62. The summed E-state index contributed by atoms with van der Waals surface area (Å²) in [6.07, 6.45) is 4.21. The van der Waals surface area contributed by atoms with Gasteiger partial charge in [-0.2, -0.15) is 15.3 Å². The van der Waals surface area contributed by atoms with Crippen molar-refractivity contribution in [1.82, 2.24) is 14.9 Å². The average molecular weight is 539 g/mol. The minimum Gasteiger partial charge on any atom is -0.490 e. The number of rotatable bonds is 5. The number of amides is 1. The highest BCUT2D eigenvalue weighted by Gasteiger charge is 2.32. The lowest BCUT2D eigenvalue weighted by molar-refractivity contribution is -0.134. The molecule has 2 unspecified atom stereocenters. The number of nitriles is 1. The third-order valence-electron chi connectivity index (χ3n) is 6.62. The Morgan fingerprint density at radius 2 is 2.19 bits per heavy atom. The summed E-state index contributed by atoms with van der Waals surface area (Å²) >= 11 is 6.41. The van der Waals surface area contributed by atoms with Gasteiger partial charge in [0.15, 0.2) is 0 Å². The number of halogens is 1. The zero-order chi connectivity index (χ0) is 26.3. The van der Waals surface area contributed by atoms with Gasteiger partial charge < -0.3 is 25.4 Å². The van der Waals surface area contributed by atoms with E-state index >= 15 is 0 Å². The van der Waals surface area contributed by atoms with E-state index in [2.05, 4.69) is 21.7 Å². The van der Waals surface area contributed by atoms with Crippen LogP contribution in [0.1, 0.15) is 11.1 Å². The molecular formula is C26H27ClN6O3S. The molecule has 2 aliphatic heterocycles. The molecule has 2 aliphatic rings. The van der Waals surface area contributed by atoms with Crippen LogP contribution in [0, 0.1) is 17.2 Å². The monoisotopic (exact) mass is 538 g/mol. The number of aromatic nitrogens is 2. The third-order valence-corrected chi connectivity index (χ3v) is 9.57. The number of hydrogen-bond donors (Lipinski definition) is 3. The molecule has 11 heteroatoms. The second-order valence-corrected chi connectivity index (χ2v) is 13.5. The van der Waals surface area contributed by atoms with Crippen molar-refractivity contribution in [3.63, 3.8) is 0 Å². The summed E-state index contributed by atoms with van der Waals surface area (Å²) in [5.41, 5.74) is 4.17. The molecule has 0 spiro atoms. The highest BCUT2D eigenvalue weighted by atomic mass is 35.5. The van der Waals surface area contributed by atoms with Crippen molar-refractivity contribution in [3.8, 4) is 23.1 Å². The molecule has 9 nitrogen and oxygen atoms in total. The number of aliphatic hydroxyl groups is 1. The SMILES string of the molecule is CN(C)C(=O)C1COc2c(cc(Cl)cc2Nc2nccc(-c3cc(C#N)c4c(c3)S(C)(CO)CN4)n2)C1. The van der Waals surface area contributed by atoms with E-state index in [1.54, 1.807) is 43.4 Å². The molecule has 37 heavy (non-hydrogen) atoms. The third kappa shape index (κ3) is 4.66. The largest absolute Gasteiger partial charge is 0.490 e. The van der Waals surface area contributed by atoms with Gasteiger partial charge in [-0.1, -0.05) is 11.6 Å². The molecule has 0 saturated heterocycles. The number of nitrogens with zero attached hydrogens (tertiary/aromatic N) is 4. The number of hydrogen-bond acceptors (Lipinski definition) is 8. The molecule has 0 bridgehead atoms. The van der Waals surface area contributed by atoms with Gasteiger partial charge in [-0.05, 0) is 48.6 Å². The first-order valence-electron chi connectivity index (χ1n) is 11.7. The molecule has 3 N–H and O–H groups in total. The first kappa shape index (κ1) is 25.1. The maximum absolute atomic E-state index is 12.5. The van der Waals surface area contributed by atoms with E-state index in [1.165, 1.54) is 0 Å². The van der Waals surface area contributed by atoms with Crippen molar-refractivity contribution >= 4 is 44.9 Å². The maximum Gasteiger partial charge on any atom is 0.228 e. The molecular weight excluding hydrogens is 512 g/mol. The standard InChI is InChI=1S/C26H27ClN6O3S/c1-33(2)25(35)18-7-16-8-19(27)10-21(24(16)36-12-18)32-26-29-5-4-20(31-26)15-6-17(11-28)23-22(9-15)37(3,14-34)13-30-23/h4-6,8-10,18,30,34H,7,12-14H2,1-3H3,(H,29,31,32). The summed E-state index contributed by atoms with van der Waals surface area (Å²) in [5, 5.41) is 26.8. The van der Waals surface area contributed by atoms with Crippen molar-refractivity contribution in [1.29, 1.82) is 5.26 Å². The Hall–Kier alpha value is -3.52. The molecule has 1 amide bonds. The number of carbonyl (C=O) groups is 1. The minimum absolute atomic E-state index is 0.0107. The summed E-state index contributed by atoms with van der Waals surface area (Å²) < 4.78 is 6.01. The molecule has 0 saturated carbocycles. The van der Waals surface area contributed by atoms with Crippen molar-refractivity contribution in [3.05, 3.63) is 52.7 Å². The molecule has 0 aliphatic carbocycles. The quantitative estimate of drug-likeness (QED) is 0.442. The van der Waals surface area contributed by atoms with E-state index in [0.717, 1.165) is 21.7 Å². The van der Waals surface area contributed by atoms with Crippen molar-refractivity contribution in [2.24, 2.45) is 5.92 Å². The molecule has 0 radical (unpaired) electrons. The molecule has 1 aromatic heterocycles. The average Bonchev–Trinajstić information content (AvgIpc) is 3.24. The van der Waals surface area contributed by atoms with Crippen LogP contribution in [0.2, 0.25) is 5.02 Å². The molecule has 0 fully saturated rings. The van der Waals surface area contributed by atoms with E-state index < -0.39 is 10.0 Å². The fraction of sp³-hybridized carbons (Fsp3) is 0.308. The van der Waals surface area contributed by atoms with E-state index in [4.69, 9.17) is 21.3 Å². The van der Waals surface area contributed by atoms with Gasteiger partial charge in [-0.15, -0.1) is 0 Å². The van der Waals surface area contributed by atoms with Crippen molar-refractivity contribution in [2.75, 3.05) is 49.4 Å². The number of carbonyl (C=O) groups excluding carboxylic acids is 1. The molecule has 3 heterocycles. The second kappa shape index (κ2) is 9.74. The zero-order valence-corrected chi connectivity index (χ0v) is 22.3. The zero-order valence-electron chi connectivity index (χ0n) is 20.7. The van der Waals surface area contributed by atoms with Crippen LogP contribution in [0.4, 0.5) is 17.3 Å². The number of ether oxygens (including phenoxy) is 1. The summed E-state index contributed by atoms with van der Waals surface area (Å²) in [4.78, 5) is 24.1. The van der Waals surface area contributed by atoms with Crippen LogP contribution in [0.25, 0.3) is 11.3 Å². The molecule has 2 atom stereocenters. The van der Waals surface area contributed by atoms with Crippen LogP contribution in [-0.2, 0) is 11.2 Å². The number of fused-ring (bicyclic) bond motifs is 2. The van der Waals surface area contributed by atoms with Crippen molar-refractivity contribution < 1.29 is 14.6 Å². The minimum atomic E-state index is -1.48. The van der Waals surface area contributed by atoms with Crippen LogP contribution in [0.3, 0.4) is 0 Å². The van der Waals surface area contributed by atoms with E-state index in [0.29, 0.717) is 46.0 Å². The highest BCUT2D eigenvalue weighted by molar-refractivity contribution is 8.33. The Morgan fingerprint density at radius 3 is 2.92 bits per heavy atom. The van der Waals surface area contributed by atoms with Crippen LogP contribution in [0.15, 0.2) is 41.4 Å². The number of aliphatic hydroxyl groups excluding tert-OH is 1. The van der Waals surface area contributed by atoms with Gasteiger partial charge in [-0.25, -0.2) is 9.97 Å². The van der Waals surface area contributed by atoms with Gasteiger partial charge >= 0.3 is 0 Å². The molecule has 2 aromatic carbocycles. The lowest BCUT2D eigenvalue weighted by Gasteiger charge is -2.28. The van der Waals surface area contributed by atoms with Crippen LogP contribution < -0.4 is 15.4 Å². The van der Waals surface area contributed by atoms with Gasteiger partial charge in [0.25, 0.3) is 0 Å². The molecule has 192 valence electrons. The van der Waals surface area contributed by atoms with E-state index in [1.807, 2.05) is 18.4 Å². The summed E-state index contributed by atoms with van der Waals surface area (Å²) in [5.74, 6) is 1.37. The smallest absolute Gasteiger partial charge is 0.228 e. The van der Waals surface area contributed by atoms with Crippen LogP contribution >= 0.6 is 21.6 Å². The number of benzene rings is 2. The summed E-state index contributed by atoms with van der Waals surface area (Å²) in [6, 6.07) is 11.4.